The maximum absolute atomic E-state index is 10.4. The molecule has 1 heterocycles. The molecule has 52 valence electrons. The SMILES string of the molecule is O=C1C#CC(=O)OCCO1. The van der Waals surface area contributed by atoms with Crippen LogP contribution < -0.4 is 0 Å². The van der Waals surface area contributed by atoms with Crippen LogP contribution in [0, 0.1) is 11.8 Å². The molecule has 0 aromatic rings. The van der Waals surface area contributed by atoms with E-state index >= 15 is 0 Å². The summed E-state index contributed by atoms with van der Waals surface area (Å²) in [4.78, 5) is 20.8. The molecule has 0 unspecified atom stereocenters. The van der Waals surface area contributed by atoms with Crippen LogP contribution in [0.3, 0.4) is 0 Å². The van der Waals surface area contributed by atoms with Gasteiger partial charge >= 0.3 is 11.9 Å². The van der Waals surface area contributed by atoms with Gasteiger partial charge in [-0.2, -0.15) is 0 Å². The topological polar surface area (TPSA) is 52.6 Å². The van der Waals surface area contributed by atoms with Crippen molar-refractivity contribution in [1.29, 1.82) is 0 Å². The molecule has 0 amide bonds. The molecule has 0 aromatic carbocycles. The summed E-state index contributed by atoms with van der Waals surface area (Å²) < 4.78 is 8.88. The zero-order valence-electron chi connectivity index (χ0n) is 5.05. The van der Waals surface area contributed by atoms with Gasteiger partial charge in [-0.3, -0.25) is 0 Å². The lowest BCUT2D eigenvalue weighted by molar-refractivity contribution is -0.146. The fourth-order valence-corrected chi connectivity index (χ4v) is 0.443. The molecule has 4 heteroatoms. The summed E-state index contributed by atoms with van der Waals surface area (Å²) in [5.74, 6) is 2.53. The molecule has 10 heavy (non-hydrogen) atoms. The molecule has 0 bridgehead atoms. The van der Waals surface area contributed by atoms with Gasteiger partial charge in [0.05, 0.1) is 0 Å². The lowest BCUT2D eigenvalue weighted by Gasteiger charge is -2.02. The van der Waals surface area contributed by atoms with Gasteiger partial charge < -0.3 is 9.47 Å². The van der Waals surface area contributed by atoms with E-state index in [1.54, 1.807) is 0 Å². The molecule has 1 aliphatic rings. The highest BCUT2D eigenvalue weighted by Crippen LogP contribution is 1.84. The number of hydrogen-bond donors (Lipinski definition) is 0. The third kappa shape index (κ3) is 1.78. The first-order valence-electron chi connectivity index (χ1n) is 2.64. The Hall–Kier alpha value is -1.50. The van der Waals surface area contributed by atoms with Crippen molar-refractivity contribution < 1.29 is 19.1 Å². The minimum absolute atomic E-state index is 0.0826. The Balaban J connectivity index is 2.66. The van der Waals surface area contributed by atoms with Crippen molar-refractivity contribution in [1.82, 2.24) is 0 Å². The number of carbonyl (C=O) groups excluding carboxylic acids is 2. The Morgan fingerprint density at radius 2 is 1.40 bits per heavy atom. The van der Waals surface area contributed by atoms with Crippen molar-refractivity contribution in [3.05, 3.63) is 0 Å². The van der Waals surface area contributed by atoms with Crippen molar-refractivity contribution in [3.8, 4) is 11.8 Å². The number of esters is 2. The van der Waals surface area contributed by atoms with Gasteiger partial charge in [-0.25, -0.2) is 9.59 Å². The van der Waals surface area contributed by atoms with Gasteiger partial charge in [0.1, 0.15) is 13.2 Å². The Labute approximate surface area is 57.1 Å². The van der Waals surface area contributed by atoms with Crippen LogP contribution in [-0.4, -0.2) is 25.2 Å². The summed E-state index contributed by atoms with van der Waals surface area (Å²) in [6, 6.07) is 0. The molecule has 0 fully saturated rings. The van der Waals surface area contributed by atoms with Crippen LogP contribution in [0.1, 0.15) is 0 Å². The minimum Gasteiger partial charge on any atom is -0.452 e. The molecule has 1 rings (SSSR count). The number of hydrogen-bond acceptors (Lipinski definition) is 4. The second-order valence-corrected chi connectivity index (χ2v) is 1.52. The monoisotopic (exact) mass is 140 g/mol. The van der Waals surface area contributed by atoms with Gasteiger partial charge in [0.2, 0.25) is 0 Å². The summed E-state index contributed by atoms with van der Waals surface area (Å²) >= 11 is 0. The van der Waals surface area contributed by atoms with Crippen molar-refractivity contribution >= 4 is 11.9 Å². The number of ether oxygens (including phenoxy) is 2. The van der Waals surface area contributed by atoms with Crippen molar-refractivity contribution in [2.75, 3.05) is 13.2 Å². The number of rotatable bonds is 0. The van der Waals surface area contributed by atoms with E-state index in [0.717, 1.165) is 0 Å². The standard InChI is InChI=1S/C6H4O4/c7-5-1-2-6(8)10-4-3-9-5/h3-4H2. The molecule has 0 saturated carbocycles. The largest absolute Gasteiger partial charge is 0.452 e. The Morgan fingerprint density at radius 1 is 1.00 bits per heavy atom. The van der Waals surface area contributed by atoms with Crippen molar-refractivity contribution in [2.24, 2.45) is 0 Å². The zero-order valence-corrected chi connectivity index (χ0v) is 5.05. The Bertz CT molecular complexity index is 198. The van der Waals surface area contributed by atoms with E-state index in [-0.39, 0.29) is 13.2 Å². The number of cyclic esters (lactones) is 2. The van der Waals surface area contributed by atoms with E-state index < -0.39 is 11.9 Å². The third-order valence-electron chi connectivity index (χ3n) is 0.816. The van der Waals surface area contributed by atoms with Crippen LogP contribution in [0.5, 0.6) is 0 Å². The smallest absolute Gasteiger partial charge is 0.385 e. The van der Waals surface area contributed by atoms with Crippen LogP contribution in [0.4, 0.5) is 0 Å². The van der Waals surface area contributed by atoms with E-state index in [1.807, 2.05) is 11.8 Å². The fourth-order valence-electron chi connectivity index (χ4n) is 0.443. The van der Waals surface area contributed by atoms with Crippen LogP contribution in [0.15, 0.2) is 0 Å². The second-order valence-electron chi connectivity index (χ2n) is 1.52. The molecule has 0 aliphatic carbocycles. The quantitative estimate of drug-likeness (QED) is 0.248. The van der Waals surface area contributed by atoms with Crippen LogP contribution in [-0.2, 0) is 19.1 Å². The van der Waals surface area contributed by atoms with Crippen LogP contribution in [0.25, 0.3) is 0 Å². The van der Waals surface area contributed by atoms with E-state index in [1.165, 1.54) is 0 Å². The summed E-state index contributed by atoms with van der Waals surface area (Å²) in [5, 5.41) is 0. The van der Waals surface area contributed by atoms with Gasteiger partial charge in [0.25, 0.3) is 0 Å². The second kappa shape index (κ2) is 2.87. The molecule has 0 saturated heterocycles. The van der Waals surface area contributed by atoms with Crippen molar-refractivity contribution in [2.45, 2.75) is 0 Å². The van der Waals surface area contributed by atoms with Crippen molar-refractivity contribution in [3.63, 3.8) is 0 Å². The molecular weight excluding hydrogens is 136 g/mol. The zero-order chi connectivity index (χ0) is 7.40. The summed E-state index contributed by atoms with van der Waals surface area (Å²) in [6.45, 7) is 0.165. The molecule has 0 N–H and O–H groups in total. The van der Waals surface area contributed by atoms with Gasteiger partial charge in [-0.1, -0.05) is 0 Å². The van der Waals surface area contributed by atoms with Gasteiger partial charge in [0, 0.05) is 11.8 Å². The first-order valence-corrected chi connectivity index (χ1v) is 2.64. The van der Waals surface area contributed by atoms with E-state index in [9.17, 15) is 9.59 Å². The van der Waals surface area contributed by atoms with E-state index in [0.29, 0.717) is 0 Å². The fraction of sp³-hybridized carbons (Fsp3) is 0.333. The van der Waals surface area contributed by atoms with E-state index in [2.05, 4.69) is 9.47 Å². The first-order chi connectivity index (χ1) is 4.79. The summed E-state index contributed by atoms with van der Waals surface area (Å²) in [7, 11) is 0. The first kappa shape index (κ1) is 6.62. The molecule has 0 aromatic heterocycles. The molecular formula is C6H4O4. The average molecular weight is 140 g/mol. The maximum atomic E-state index is 10.4. The lowest BCUT2D eigenvalue weighted by atomic mass is 10.5. The molecule has 0 radical (unpaired) electrons. The van der Waals surface area contributed by atoms with Gasteiger partial charge in [-0.05, 0) is 0 Å². The Morgan fingerprint density at radius 3 is 1.80 bits per heavy atom. The van der Waals surface area contributed by atoms with Crippen LogP contribution >= 0.6 is 0 Å². The predicted molar refractivity (Wildman–Crippen MR) is 29.7 cm³/mol. The average Bonchev–Trinajstić information content (AvgIpc) is 1.90. The number of carbonyl (C=O) groups is 2. The maximum Gasteiger partial charge on any atom is 0.385 e. The highest BCUT2D eigenvalue weighted by Gasteiger charge is 2.04. The predicted octanol–water partition coefficient (Wildman–Crippen LogP) is -0.910. The minimum atomic E-state index is -0.684. The highest BCUT2D eigenvalue weighted by atomic mass is 16.6. The van der Waals surface area contributed by atoms with Crippen LogP contribution in [0.2, 0.25) is 0 Å². The van der Waals surface area contributed by atoms with E-state index in [4.69, 9.17) is 0 Å². The third-order valence-corrected chi connectivity index (χ3v) is 0.816. The molecule has 0 atom stereocenters. The molecule has 4 nitrogen and oxygen atoms in total. The van der Waals surface area contributed by atoms with Gasteiger partial charge in [-0.15, -0.1) is 0 Å². The highest BCUT2D eigenvalue weighted by molar-refractivity contribution is 5.98. The van der Waals surface area contributed by atoms with Gasteiger partial charge in [0.15, 0.2) is 0 Å². The summed E-state index contributed by atoms with van der Waals surface area (Å²) in [5.41, 5.74) is 0. The Kier molecular flexibility index (Phi) is 1.90. The molecule has 0 spiro atoms. The normalized spacial score (nSPS) is 17.2. The molecule has 1 aliphatic heterocycles. The lowest BCUT2D eigenvalue weighted by Crippen LogP contribution is -2.15. The summed E-state index contributed by atoms with van der Waals surface area (Å²) in [6.07, 6.45) is 0.